The summed E-state index contributed by atoms with van der Waals surface area (Å²) in [7, 11) is 0. The maximum absolute atomic E-state index is 12.6. The van der Waals surface area contributed by atoms with Crippen LogP contribution < -0.4 is 10.6 Å². The van der Waals surface area contributed by atoms with Crippen molar-refractivity contribution in [3.8, 4) is 0 Å². The molecule has 0 aromatic heterocycles. The highest BCUT2D eigenvalue weighted by molar-refractivity contribution is 6.31. The van der Waals surface area contributed by atoms with Crippen LogP contribution in [0.15, 0.2) is 36.4 Å². The van der Waals surface area contributed by atoms with Gasteiger partial charge in [-0.05, 0) is 54.3 Å². The number of amides is 4. The summed E-state index contributed by atoms with van der Waals surface area (Å²) in [6, 6.07) is 9.75. The monoisotopic (exact) mass is 425 g/mol. The molecule has 0 aliphatic carbocycles. The number of halogens is 1. The second-order valence-corrected chi connectivity index (χ2v) is 8.01. The maximum Gasteiger partial charge on any atom is 0.258 e. The quantitative estimate of drug-likeness (QED) is 0.736. The van der Waals surface area contributed by atoms with Crippen LogP contribution in [0.5, 0.6) is 0 Å². The van der Waals surface area contributed by atoms with Crippen molar-refractivity contribution in [1.82, 2.24) is 15.5 Å². The normalized spacial score (nSPS) is 18.7. The molecule has 1 unspecified atom stereocenters. The number of imide groups is 2. The highest BCUT2D eigenvalue weighted by Gasteiger charge is 2.34. The second kappa shape index (κ2) is 8.01. The SMILES string of the molecule is Cc1ccc(C(=O)NC(=O)c2ccc3c(c2)CN(C2CCC(=O)NC2=O)C3)cc1Cl. The number of nitrogens with one attached hydrogen (secondary N) is 2. The van der Waals surface area contributed by atoms with Gasteiger partial charge >= 0.3 is 0 Å². The zero-order chi connectivity index (χ0) is 21.4. The van der Waals surface area contributed by atoms with E-state index in [0.717, 1.165) is 16.7 Å². The van der Waals surface area contributed by atoms with Crippen LogP contribution in [0.4, 0.5) is 0 Å². The molecule has 0 saturated carbocycles. The lowest BCUT2D eigenvalue weighted by molar-refractivity contribution is -0.137. The second-order valence-electron chi connectivity index (χ2n) is 7.60. The first-order chi connectivity index (χ1) is 14.3. The lowest BCUT2D eigenvalue weighted by Crippen LogP contribution is -2.50. The molecule has 1 fully saturated rings. The lowest BCUT2D eigenvalue weighted by Gasteiger charge is -2.29. The topological polar surface area (TPSA) is 95.6 Å². The minimum Gasteiger partial charge on any atom is -0.295 e. The molecule has 7 nitrogen and oxygen atoms in total. The van der Waals surface area contributed by atoms with Crippen LogP contribution in [-0.4, -0.2) is 34.6 Å². The predicted octanol–water partition coefficient (Wildman–Crippen LogP) is 2.34. The molecule has 1 atom stereocenters. The Morgan fingerprint density at radius 2 is 1.70 bits per heavy atom. The van der Waals surface area contributed by atoms with E-state index >= 15 is 0 Å². The number of hydrogen-bond acceptors (Lipinski definition) is 5. The predicted molar refractivity (Wildman–Crippen MR) is 110 cm³/mol. The van der Waals surface area contributed by atoms with Crippen LogP contribution >= 0.6 is 11.6 Å². The number of benzene rings is 2. The van der Waals surface area contributed by atoms with Gasteiger partial charge in [-0.2, -0.15) is 0 Å². The van der Waals surface area contributed by atoms with E-state index in [4.69, 9.17) is 11.6 Å². The fourth-order valence-electron chi connectivity index (χ4n) is 3.79. The summed E-state index contributed by atoms with van der Waals surface area (Å²) in [6.45, 7) is 2.91. The van der Waals surface area contributed by atoms with Crippen molar-refractivity contribution in [2.45, 2.75) is 38.9 Å². The van der Waals surface area contributed by atoms with Gasteiger partial charge < -0.3 is 0 Å². The Morgan fingerprint density at radius 1 is 1.03 bits per heavy atom. The van der Waals surface area contributed by atoms with Crippen molar-refractivity contribution in [3.05, 3.63) is 69.2 Å². The van der Waals surface area contributed by atoms with Crippen molar-refractivity contribution in [3.63, 3.8) is 0 Å². The Balaban J connectivity index is 1.44. The molecule has 4 rings (SSSR count). The number of aryl methyl sites for hydroxylation is 1. The standard InChI is InChI=1S/C22H20ClN3O4/c1-12-2-3-14(9-17(12)23)21(29)25-20(28)13-4-5-15-10-26(11-16(15)8-13)18-6-7-19(27)24-22(18)30/h2-5,8-9,18H,6-7,10-11H2,1H3,(H,24,27,30)(H,25,28,29). The van der Waals surface area contributed by atoms with Gasteiger partial charge in [0.1, 0.15) is 0 Å². The molecule has 8 heteroatoms. The third kappa shape index (κ3) is 3.99. The Morgan fingerprint density at radius 3 is 2.40 bits per heavy atom. The van der Waals surface area contributed by atoms with E-state index in [1.54, 1.807) is 24.3 Å². The molecule has 2 aromatic rings. The van der Waals surface area contributed by atoms with Gasteiger partial charge in [-0.1, -0.05) is 23.7 Å². The first-order valence-electron chi connectivity index (χ1n) is 9.63. The summed E-state index contributed by atoms with van der Waals surface area (Å²) in [4.78, 5) is 50.4. The summed E-state index contributed by atoms with van der Waals surface area (Å²) in [6.07, 6.45) is 0.807. The Hall–Kier alpha value is -3.03. The van der Waals surface area contributed by atoms with Crippen LogP contribution in [-0.2, 0) is 22.7 Å². The van der Waals surface area contributed by atoms with Gasteiger partial charge in [0.05, 0.1) is 6.04 Å². The lowest BCUT2D eigenvalue weighted by atomic mass is 10.0. The van der Waals surface area contributed by atoms with Crippen LogP contribution in [0.25, 0.3) is 0 Å². The van der Waals surface area contributed by atoms with Crippen LogP contribution in [0, 0.1) is 6.92 Å². The zero-order valence-electron chi connectivity index (χ0n) is 16.3. The molecule has 1 saturated heterocycles. The van der Waals surface area contributed by atoms with Crippen LogP contribution in [0.1, 0.15) is 50.2 Å². The molecule has 2 N–H and O–H groups in total. The van der Waals surface area contributed by atoms with Gasteiger partial charge in [0.25, 0.3) is 11.8 Å². The number of carbonyl (C=O) groups is 4. The van der Waals surface area contributed by atoms with Gasteiger partial charge in [0, 0.05) is 35.7 Å². The molecule has 2 aliphatic heterocycles. The van der Waals surface area contributed by atoms with Crippen LogP contribution in [0.2, 0.25) is 5.02 Å². The van der Waals surface area contributed by atoms with Crippen molar-refractivity contribution in [1.29, 1.82) is 0 Å². The van der Waals surface area contributed by atoms with Gasteiger partial charge in [-0.25, -0.2) is 0 Å². The third-order valence-corrected chi connectivity index (χ3v) is 5.93. The number of rotatable bonds is 3. The third-order valence-electron chi connectivity index (χ3n) is 5.53. The Kier molecular flexibility index (Phi) is 5.40. The number of fused-ring (bicyclic) bond motifs is 1. The molecule has 4 amide bonds. The molecular formula is C22H20ClN3O4. The largest absolute Gasteiger partial charge is 0.295 e. The summed E-state index contributed by atoms with van der Waals surface area (Å²) in [5.74, 6) is -1.54. The Labute approximate surface area is 178 Å². The average molecular weight is 426 g/mol. The molecule has 2 aromatic carbocycles. The summed E-state index contributed by atoms with van der Waals surface area (Å²) in [5.41, 5.74) is 3.47. The highest BCUT2D eigenvalue weighted by atomic mass is 35.5. The van der Waals surface area contributed by atoms with Crippen molar-refractivity contribution < 1.29 is 19.2 Å². The molecule has 0 spiro atoms. The molecule has 2 heterocycles. The van der Waals surface area contributed by atoms with E-state index in [2.05, 4.69) is 10.6 Å². The van der Waals surface area contributed by atoms with Crippen LogP contribution in [0.3, 0.4) is 0 Å². The maximum atomic E-state index is 12.6. The average Bonchev–Trinajstić information content (AvgIpc) is 3.12. The van der Waals surface area contributed by atoms with Gasteiger partial charge in [-0.15, -0.1) is 0 Å². The van der Waals surface area contributed by atoms with E-state index in [9.17, 15) is 19.2 Å². The summed E-state index contributed by atoms with van der Waals surface area (Å²) < 4.78 is 0. The number of hydrogen-bond donors (Lipinski definition) is 2. The molecule has 30 heavy (non-hydrogen) atoms. The summed E-state index contributed by atoms with van der Waals surface area (Å²) in [5, 5.41) is 5.22. The molecule has 0 radical (unpaired) electrons. The minimum atomic E-state index is -0.521. The molecular weight excluding hydrogens is 406 g/mol. The number of nitrogens with zero attached hydrogens (tertiary/aromatic N) is 1. The number of carbonyl (C=O) groups excluding carboxylic acids is 4. The Bertz CT molecular complexity index is 1080. The van der Waals surface area contributed by atoms with Crippen molar-refractivity contribution in [2.75, 3.05) is 0 Å². The van der Waals surface area contributed by atoms with Gasteiger partial charge in [0.15, 0.2) is 0 Å². The zero-order valence-corrected chi connectivity index (χ0v) is 17.1. The first-order valence-corrected chi connectivity index (χ1v) is 10.0. The van der Waals surface area contributed by atoms with E-state index < -0.39 is 11.8 Å². The van der Waals surface area contributed by atoms with E-state index in [0.29, 0.717) is 42.1 Å². The van der Waals surface area contributed by atoms with E-state index in [-0.39, 0.29) is 17.9 Å². The van der Waals surface area contributed by atoms with Gasteiger partial charge in [0.2, 0.25) is 11.8 Å². The van der Waals surface area contributed by atoms with E-state index in [1.165, 1.54) is 6.07 Å². The first kappa shape index (κ1) is 20.3. The molecule has 0 bridgehead atoms. The van der Waals surface area contributed by atoms with Crippen molar-refractivity contribution in [2.24, 2.45) is 0 Å². The molecule has 2 aliphatic rings. The fourth-order valence-corrected chi connectivity index (χ4v) is 3.98. The fraction of sp³-hybridized carbons (Fsp3) is 0.273. The minimum absolute atomic E-state index is 0.244. The summed E-state index contributed by atoms with van der Waals surface area (Å²) >= 11 is 6.05. The smallest absolute Gasteiger partial charge is 0.258 e. The van der Waals surface area contributed by atoms with Crippen molar-refractivity contribution >= 4 is 35.2 Å². The highest BCUT2D eigenvalue weighted by Crippen LogP contribution is 2.28. The van der Waals surface area contributed by atoms with Gasteiger partial charge in [-0.3, -0.25) is 34.7 Å². The molecule has 154 valence electrons. The van der Waals surface area contributed by atoms with E-state index in [1.807, 2.05) is 17.9 Å². The number of piperidine rings is 1.